The lowest BCUT2D eigenvalue weighted by atomic mass is 9.91. The van der Waals surface area contributed by atoms with Gasteiger partial charge in [0.25, 0.3) is 0 Å². The molecule has 0 saturated carbocycles. The van der Waals surface area contributed by atoms with Gasteiger partial charge in [-0.15, -0.1) is 0 Å². The molecule has 0 aliphatic heterocycles. The SMILES string of the molecule is CCCNC(=O)C(C)(C)C(=O)NCc1ccc(C)cc1. The van der Waals surface area contributed by atoms with Gasteiger partial charge in [0.1, 0.15) is 5.41 Å². The van der Waals surface area contributed by atoms with Crippen LogP contribution in [0.25, 0.3) is 0 Å². The Labute approximate surface area is 121 Å². The number of rotatable bonds is 6. The summed E-state index contributed by atoms with van der Waals surface area (Å²) in [5.41, 5.74) is 1.15. The van der Waals surface area contributed by atoms with Crippen molar-refractivity contribution in [3.05, 3.63) is 35.4 Å². The Morgan fingerprint density at radius 2 is 1.60 bits per heavy atom. The minimum absolute atomic E-state index is 0.235. The van der Waals surface area contributed by atoms with Crippen molar-refractivity contribution >= 4 is 11.8 Å². The quantitative estimate of drug-likeness (QED) is 0.782. The molecule has 2 N–H and O–H groups in total. The number of amides is 2. The fraction of sp³-hybridized carbons (Fsp3) is 0.500. The number of hydrogen-bond acceptors (Lipinski definition) is 2. The summed E-state index contributed by atoms with van der Waals surface area (Å²) in [6, 6.07) is 7.95. The van der Waals surface area contributed by atoms with Crippen molar-refractivity contribution < 1.29 is 9.59 Å². The summed E-state index contributed by atoms with van der Waals surface area (Å²) in [6.07, 6.45) is 0.854. The van der Waals surface area contributed by atoms with Gasteiger partial charge in [-0.25, -0.2) is 0 Å². The lowest BCUT2D eigenvalue weighted by Gasteiger charge is -2.22. The van der Waals surface area contributed by atoms with Crippen molar-refractivity contribution in [3.8, 4) is 0 Å². The summed E-state index contributed by atoms with van der Waals surface area (Å²) >= 11 is 0. The minimum atomic E-state index is -1.06. The monoisotopic (exact) mass is 276 g/mol. The predicted molar refractivity (Wildman–Crippen MR) is 80.1 cm³/mol. The van der Waals surface area contributed by atoms with Crippen LogP contribution in [0.5, 0.6) is 0 Å². The Hall–Kier alpha value is -1.84. The summed E-state index contributed by atoms with van der Waals surface area (Å²) in [6.45, 7) is 8.30. The van der Waals surface area contributed by atoms with E-state index in [9.17, 15) is 9.59 Å². The summed E-state index contributed by atoms with van der Waals surface area (Å²) in [5, 5.41) is 5.58. The number of carbonyl (C=O) groups is 2. The molecule has 4 nitrogen and oxygen atoms in total. The molecule has 1 aromatic carbocycles. The Bertz CT molecular complexity index is 464. The maximum Gasteiger partial charge on any atom is 0.235 e. The van der Waals surface area contributed by atoms with Gasteiger partial charge in [-0.2, -0.15) is 0 Å². The van der Waals surface area contributed by atoms with E-state index in [0.717, 1.165) is 12.0 Å². The zero-order valence-corrected chi connectivity index (χ0v) is 12.7. The Morgan fingerprint density at radius 3 is 2.15 bits per heavy atom. The third kappa shape index (κ3) is 4.37. The fourth-order valence-electron chi connectivity index (χ4n) is 1.67. The second-order valence-electron chi connectivity index (χ2n) is 5.55. The first-order valence-electron chi connectivity index (χ1n) is 7.00. The van der Waals surface area contributed by atoms with E-state index in [1.165, 1.54) is 5.56 Å². The third-order valence-corrected chi connectivity index (χ3v) is 3.24. The Morgan fingerprint density at radius 1 is 1.05 bits per heavy atom. The molecule has 0 fully saturated rings. The van der Waals surface area contributed by atoms with Crippen LogP contribution in [0.15, 0.2) is 24.3 Å². The Kier molecular flexibility index (Phi) is 5.74. The molecular formula is C16H24N2O2. The minimum Gasteiger partial charge on any atom is -0.355 e. The van der Waals surface area contributed by atoms with Crippen LogP contribution in [-0.2, 0) is 16.1 Å². The number of nitrogens with one attached hydrogen (secondary N) is 2. The highest BCUT2D eigenvalue weighted by Crippen LogP contribution is 2.15. The fourth-order valence-corrected chi connectivity index (χ4v) is 1.67. The van der Waals surface area contributed by atoms with Gasteiger partial charge in [-0.1, -0.05) is 36.8 Å². The second-order valence-corrected chi connectivity index (χ2v) is 5.55. The molecule has 20 heavy (non-hydrogen) atoms. The summed E-state index contributed by atoms with van der Waals surface area (Å²) in [5.74, 6) is -0.493. The van der Waals surface area contributed by atoms with Crippen LogP contribution < -0.4 is 10.6 Å². The van der Waals surface area contributed by atoms with Crippen LogP contribution >= 0.6 is 0 Å². The molecule has 2 amide bonds. The highest BCUT2D eigenvalue weighted by Gasteiger charge is 2.35. The number of benzene rings is 1. The van der Waals surface area contributed by atoms with Crippen LogP contribution in [-0.4, -0.2) is 18.4 Å². The molecule has 1 rings (SSSR count). The number of aryl methyl sites for hydroxylation is 1. The molecule has 4 heteroatoms. The normalized spacial score (nSPS) is 11.0. The predicted octanol–water partition coefficient (Wildman–Crippen LogP) is 2.16. The van der Waals surface area contributed by atoms with Gasteiger partial charge >= 0.3 is 0 Å². The zero-order valence-electron chi connectivity index (χ0n) is 12.7. The molecule has 0 aliphatic carbocycles. The molecule has 0 radical (unpaired) electrons. The van der Waals surface area contributed by atoms with Crippen molar-refractivity contribution in [1.29, 1.82) is 0 Å². The number of carbonyl (C=O) groups excluding carboxylic acids is 2. The van der Waals surface area contributed by atoms with E-state index in [0.29, 0.717) is 13.1 Å². The molecule has 110 valence electrons. The molecule has 0 atom stereocenters. The average molecular weight is 276 g/mol. The molecule has 0 unspecified atom stereocenters. The molecule has 0 saturated heterocycles. The van der Waals surface area contributed by atoms with Crippen molar-refractivity contribution in [2.75, 3.05) is 6.54 Å². The smallest absolute Gasteiger partial charge is 0.235 e. The maximum atomic E-state index is 12.1. The first kappa shape index (κ1) is 16.2. The van der Waals surface area contributed by atoms with E-state index in [1.54, 1.807) is 13.8 Å². The van der Waals surface area contributed by atoms with Crippen LogP contribution in [0.4, 0.5) is 0 Å². The zero-order chi connectivity index (χ0) is 15.2. The molecule has 0 aliphatic rings. The first-order valence-corrected chi connectivity index (χ1v) is 7.00. The van der Waals surface area contributed by atoms with Crippen molar-refractivity contribution in [2.24, 2.45) is 5.41 Å². The molecule has 0 spiro atoms. The largest absolute Gasteiger partial charge is 0.355 e. The molecule has 0 heterocycles. The van der Waals surface area contributed by atoms with Crippen LogP contribution in [0.3, 0.4) is 0 Å². The lowest BCUT2D eigenvalue weighted by molar-refractivity contribution is -0.141. The third-order valence-electron chi connectivity index (χ3n) is 3.24. The van der Waals surface area contributed by atoms with Crippen LogP contribution in [0.2, 0.25) is 0 Å². The van der Waals surface area contributed by atoms with Crippen molar-refractivity contribution in [1.82, 2.24) is 10.6 Å². The summed E-state index contributed by atoms with van der Waals surface area (Å²) in [4.78, 5) is 24.1. The van der Waals surface area contributed by atoms with E-state index < -0.39 is 5.41 Å². The number of hydrogen-bond donors (Lipinski definition) is 2. The van der Waals surface area contributed by atoms with Crippen molar-refractivity contribution in [3.63, 3.8) is 0 Å². The highest BCUT2D eigenvalue weighted by atomic mass is 16.2. The van der Waals surface area contributed by atoms with Gasteiger partial charge < -0.3 is 10.6 Å². The van der Waals surface area contributed by atoms with Gasteiger partial charge in [-0.05, 0) is 32.8 Å². The topological polar surface area (TPSA) is 58.2 Å². The van der Waals surface area contributed by atoms with Gasteiger partial charge in [0.15, 0.2) is 0 Å². The van der Waals surface area contributed by atoms with E-state index in [-0.39, 0.29) is 11.8 Å². The lowest BCUT2D eigenvalue weighted by Crippen LogP contribution is -2.47. The van der Waals surface area contributed by atoms with Crippen LogP contribution in [0, 0.1) is 12.3 Å². The maximum absolute atomic E-state index is 12.1. The van der Waals surface area contributed by atoms with E-state index in [1.807, 2.05) is 38.1 Å². The second kappa shape index (κ2) is 7.08. The summed E-state index contributed by atoms with van der Waals surface area (Å²) in [7, 11) is 0. The average Bonchev–Trinajstić information content (AvgIpc) is 2.43. The van der Waals surface area contributed by atoms with E-state index >= 15 is 0 Å². The summed E-state index contributed by atoms with van der Waals surface area (Å²) < 4.78 is 0. The van der Waals surface area contributed by atoms with Gasteiger partial charge in [0.05, 0.1) is 0 Å². The highest BCUT2D eigenvalue weighted by molar-refractivity contribution is 6.04. The van der Waals surface area contributed by atoms with E-state index in [4.69, 9.17) is 0 Å². The first-order chi connectivity index (χ1) is 9.37. The standard InChI is InChI=1S/C16H24N2O2/c1-5-10-17-14(19)16(3,4)15(20)18-11-13-8-6-12(2)7-9-13/h6-9H,5,10-11H2,1-4H3,(H,17,19)(H,18,20). The molecule has 0 bridgehead atoms. The van der Waals surface area contributed by atoms with Gasteiger partial charge in [0.2, 0.25) is 11.8 Å². The van der Waals surface area contributed by atoms with Crippen molar-refractivity contribution in [2.45, 2.75) is 40.7 Å². The molecule has 1 aromatic rings. The molecule has 0 aromatic heterocycles. The van der Waals surface area contributed by atoms with Gasteiger partial charge in [-0.3, -0.25) is 9.59 Å². The Balaban J connectivity index is 2.56. The molecular weight excluding hydrogens is 252 g/mol. The van der Waals surface area contributed by atoms with Crippen LogP contribution in [0.1, 0.15) is 38.3 Å². The van der Waals surface area contributed by atoms with E-state index in [2.05, 4.69) is 10.6 Å². The van der Waals surface area contributed by atoms with Gasteiger partial charge in [0, 0.05) is 13.1 Å².